The van der Waals surface area contributed by atoms with Gasteiger partial charge in [0.05, 0.1) is 0 Å². The Labute approximate surface area is 146 Å². The SMILES string of the molecule is CCOC1(OCC)C=CC(Cc2ccccc2)=CC1(C(=O)O)C(=O)O. The average Bonchev–Trinajstić information content (AvgIpc) is 2.57. The van der Waals surface area contributed by atoms with Gasteiger partial charge in [-0.3, -0.25) is 9.59 Å². The smallest absolute Gasteiger partial charge is 0.331 e. The molecule has 0 radical (unpaired) electrons. The Kier molecular flexibility index (Phi) is 5.77. The number of carbonyl (C=O) groups is 2. The molecular weight excluding hydrogens is 324 g/mol. The molecule has 0 aromatic heterocycles. The summed E-state index contributed by atoms with van der Waals surface area (Å²) < 4.78 is 11.1. The quantitative estimate of drug-likeness (QED) is 0.555. The first kappa shape index (κ1) is 18.9. The second kappa shape index (κ2) is 7.63. The number of aliphatic carboxylic acids is 2. The van der Waals surface area contributed by atoms with Crippen LogP contribution in [0.4, 0.5) is 0 Å². The van der Waals surface area contributed by atoms with Crippen LogP contribution in [0.2, 0.25) is 0 Å². The van der Waals surface area contributed by atoms with E-state index in [1.807, 2.05) is 30.3 Å². The minimum atomic E-state index is -2.36. The maximum absolute atomic E-state index is 12.1. The van der Waals surface area contributed by atoms with Crippen LogP contribution >= 0.6 is 0 Å². The fourth-order valence-corrected chi connectivity index (χ4v) is 3.02. The number of allylic oxidation sites excluding steroid dienone is 2. The molecule has 2 rings (SSSR count). The van der Waals surface area contributed by atoms with Crippen molar-refractivity contribution in [3.63, 3.8) is 0 Å². The van der Waals surface area contributed by atoms with Gasteiger partial charge in [0.25, 0.3) is 0 Å². The molecule has 1 aliphatic carbocycles. The molecule has 134 valence electrons. The van der Waals surface area contributed by atoms with Crippen LogP contribution in [0.5, 0.6) is 0 Å². The molecule has 0 heterocycles. The summed E-state index contributed by atoms with van der Waals surface area (Å²) in [6.45, 7) is 3.53. The zero-order valence-electron chi connectivity index (χ0n) is 14.3. The molecule has 0 amide bonds. The lowest BCUT2D eigenvalue weighted by Gasteiger charge is -2.42. The Hall–Kier alpha value is -2.44. The van der Waals surface area contributed by atoms with Crippen molar-refractivity contribution >= 4 is 11.9 Å². The minimum Gasteiger partial charge on any atom is -0.480 e. The summed E-state index contributed by atoms with van der Waals surface area (Å²) in [4.78, 5) is 24.1. The van der Waals surface area contributed by atoms with Crippen LogP contribution in [0.15, 0.2) is 54.1 Å². The molecule has 2 N–H and O–H groups in total. The van der Waals surface area contributed by atoms with Gasteiger partial charge in [0.1, 0.15) is 0 Å². The third kappa shape index (κ3) is 3.36. The number of ether oxygens (including phenoxy) is 2. The Morgan fingerprint density at radius 1 is 1.00 bits per heavy atom. The lowest BCUT2D eigenvalue weighted by Crippen LogP contribution is -2.60. The Bertz CT molecular complexity index is 669. The maximum atomic E-state index is 12.1. The highest BCUT2D eigenvalue weighted by Crippen LogP contribution is 2.44. The summed E-state index contributed by atoms with van der Waals surface area (Å²) in [5.74, 6) is -4.96. The van der Waals surface area contributed by atoms with Gasteiger partial charge in [-0.25, -0.2) is 0 Å². The van der Waals surface area contributed by atoms with E-state index in [0.717, 1.165) is 5.56 Å². The van der Waals surface area contributed by atoms with Crippen molar-refractivity contribution in [2.24, 2.45) is 5.41 Å². The number of rotatable bonds is 8. The van der Waals surface area contributed by atoms with E-state index >= 15 is 0 Å². The van der Waals surface area contributed by atoms with Crippen molar-refractivity contribution in [1.29, 1.82) is 0 Å². The predicted molar refractivity (Wildman–Crippen MR) is 91.1 cm³/mol. The zero-order valence-corrected chi connectivity index (χ0v) is 14.3. The summed E-state index contributed by atoms with van der Waals surface area (Å²) >= 11 is 0. The van der Waals surface area contributed by atoms with Crippen LogP contribution < -0.4 is 0 Å². The number of hydrogen-bond acceptors (Lipinski definition) is 4. The molecule has 0 fully saturated rings. The molecule has 0 saturated heterocycles. The molecule has 1 aromatic rings. The van der Waals surface area contributed by atoms with Gasteiger partial charge in [-0.15, -0.1) is 0 Å². The second-order valence-electron chi connectivity index (χ2n) is 5.67. The highest BCUT2D eigenvalue weighted by Gasteiger charge is 2.64. The third-order valence-electron chi connectivity index (χ3n) is 4.11. The minimum absolute atomic E-state index is 0.106. The lowest BCUT2D eigenvalue weighted by molar-refractivity contribution is -0.255. The number of carboxylic acid groups (broad SMARTS) is 2. The van der Waals surface area contributed by atoms with Gasteiger partial charge >= 0.3 is 11.9 Å². The summed E-state index contributed by atoms with van der Waals surface area (Å²) in [7, 11) is 0. The van der Waals surface area contributed by atoms with E-state index in [1.54, 1.807) is 19.9 Å². The van der Waals surface area contributed by atoms with Crippen LogP contribution in [0.3, 0.4) is 0 Å². The molecule has 0 aliphatic heterocycles. The zero-order chi connectivity index (χ0) is 18.5. The number of carboxylic acids is 2. The van der Waals surface area contributed by atoms with E-state index in [9.17, 15) is 19.8 Å². The van der Waals surface area contributed by atoms with E-state index in [-0.39, 0.29) is 13.2 Å². The Morgan fingerprint density at radius 3 is 2.04 bits per heavy atom. The Morgan fingerprint density at radius 2 is 1.56 bits per heavy atom. The van der Waals surface area contributed by atoms with Crippen LogP contribution in [0, 0.1) is 5.41 Å². The van der Waals surface area contributed by atoms with E-state index < -0.39 is 23.1 Å². The van der Waals surface area contributed by atoms with Gasteiger partial charge in [0.15, 0.2) is 0 Å². The average molecular weight is 346 g/mol. The van der Waals surface area contributed by atoms with Crippen molar-refractivity contribution in [2.75, 3.05) is 13.2 Å². The molecule has 25 heavy (non-hydrogen) atoms. The largest absolute Gasteiger partial charge is 0.480 e. The van der Waals surface area contributed by atoms with Crippen molar-refractivity contribution in [3.05, 3.63) is 59.7 Å². The molecule has 0 unspecified atom stereocenters. The molecule has 0 spiro atoms. The standard InChI is InChI=1S/C19H22O6/c1-3-24-19(25-4-2)11-10-15(12-14-8-6-5-7-9-14)13-18(19,16(20)21)17(22)23/h5-11,13H,3-4,12H2,1-2H3,(H,20,21)(H,22,23). The van der Waals surface area contributed by atoms with Crippen LogP contribution in [-0.2, 0) is 25.5 Å². The topological polar surface area (TPSA) is 93.1 Å². The van der Waals surface area contributed by atoms with Gasteiger partial charge in [-0.05, 0) is 43.6 Å². The molecule has 1 aliphatic rings. The molecule has 6 nitrogen and oxygen atoms in total. The Balaban J connectivity index is 2.55. The van der Waals surface area contributed by atoms with E-state index in [0.29, 0.717) is 12.0 Å². The van der Waals surface area contributed by atoms with Crippen molar-refractivity contribution in [2.45, 2.75) is 26.1 Å². The monoisotopic (exact) mass is 346 g/mol. The van der Waals surface area contributed by atoms with E-state index in [1.165, 1.54) is 12.2 Å². The third-order valence-corrected chi connectivity index (χ3v) is 4.11. The predicted octanol–water partition coefficient (Wildman–Crippen LogP) is 2.65. The van der Waals surface area contributed by atoms with Crippen LogP contribution in [0.25, 0.3) is 0 Å². The van der Waals surface area contributed by atoms with Gasteiger partial charge < -0.3 is 19.7 Å². The fraction of sp³-hybridized carbons (Fsp3) is 0.368. The first-order chi connectivity index (χ1) is 11.9. The second-order valence-corrected chi connectivity index (χ2v) is 5.67. The first-order valence-electron chi connectivity index (χ1n) is 8.11. The molecule has 6 heteroatoms. The first-order valence-corrected chi connectivity index (χ1v) is 8.11. The molecule has 0 saturated carbocycles. The van der Waals surface area contributed by atoms with Gasteiger partial charge in [-0.2, -0.15) is 0 Å². The van der Waals surface area contributed by atoms with Gasteiger partial charge in [0.2, 0.25) is 11.2 Å². The van der Waals surface area contributed by atoms with Gasteiger partial charge in [-0.1, -0.05) is 36.4 Å². The maximum Gasteiger partial charge on any atom is 0.331 e. The van der Waals surface area contributed by atoms with Crippen molar-refractivity contribution < 1.29 is 29.3 Å². The van der Waals surface area contributed by atoms with E-state index in [4.69, 9.17) is 9.47 Å². The molecule has 0 bridgehead atoms. The molecule has 1 aromatic carbocycles. The highest BCUT2D eigenvalue weighted by atomic mass is 16.7. The van der Waals surface area contributed by atoms with Crippen LogP contribution in [0.1, 0.15) is 19.4 Å². The van der Waals surface area contributed by atoms with Gasteiger partial charge in [0, 0.05) is 13.2 Å². The van der Waals surface area contributed by atoms with E-state index in [2.05, 4.69) is 0 Å². The summed E-state index contributed by atoms with van der Waals surface area (Å²) in [6, 6.07) is 9.40. The lowest BCUT2D eigenvalue weighted by atomic mass is 9.73. The van der Waals surface area contributed by atoms with Crippen LogP contribution in [-0.4, -0.2) is 41.2 Å². The summed E-state index contributed by atoms with van der Waals surface area (Å²) in [5.41, 5.74) is -0.841. The molecule has 0 atom stereocenters. The summed E-state index contributed by atoms with van der Waals surface area (Å²) in [5, 5.41) is 19.6. The van der Waals surface area contributed by atoms with Crippen molar-refractivity contribution in [1.82, 2.24) is 0 Å². The fourth-order valence-electron chi connectivity index (χ4n) is 3.02. The van der Waals surface area contributed by atoms with Crippen molar-refractivity contribution in [3.8, 4) is 0 Å². The summed E-state index contributed by atoms with van der Waals surface area (Å²) in [6.07, 6.45) is 4.72. The number of benzene rings is 1. The highest BCUT2D eigenvalue weighted by molar-refractivity contribution is 6.03. The number of hydrogen-bond donors (Lipinski definition) is 2. The molecular formula is C19H22O6. The normalized spacial score (nSPS) is 17.8.